The molecule has 0 bridgehead atoms. The quantitative estimate of drug-likeness (QED) is 0.576. The molecule has 94 valence electrons. The lowest BCUT2D eigenvalue weighted by molar-refractivity contribution is -0.234. The van der Waals surface area contributed by atoms with E-state index in [1.54, 1.807) is 6.92 Å². The van der Waals surface area contributed by atoms with Gasteiger partial charge in [-0.2, -0.15) is 5.10 Å². The van der Waals surface area contributed by atoms with Crippen LogP contribution in [-0.4, -0.2) is 39.1 Å². The number of rotatable bonds is 2. The van der Waals surface area contributed by atoms with Crippen LogP contribution in [0.3, 0.4) is 0 Å². The van der Waals surface area contributed by atoms with Crippen molar-refractivity contribution in [1.82, 2.24) is 9.91 Å². The van der Waals surface area contributed by atoms with E-state index in [0.717, 1.165) is 5.01 Å². The van der Waals surface area contributed by atoms with Crippen LogP contribution in [-0.2, 0) is 0 Å². The van der Waals surface area contributed by atoms with Crippen LogP contribution in [0.15, 0.2) is 5.10 Å². The maximum absolute atomic E-state index is 12.6. The summed E-state index contributed by atoms with van der Waals surface area (Å²) >= 11 is 16.6. The highest BCUT2D eigenvalue weighted by Crippen LogP contribution is 2.41. The minimum absolute atomic E-state index is 0.0182. The van der Waals surface area contributed by atoms with Gasteiger partial charge in [0, 0.05) is 6.54 Å². The van der Waals surface area contributed by atoms with Gasteiger partial charge in [0.05, 0.1) is 0 Å². The zero-order chi connectivity index (χ0) is 12.6. The number of halogens is 6. The fourth-order valence-electron chi connectivity index (χ4n) is 1.33. The van der Waals surface area contributed by atoms with E-state index < -0.39 is 16.3 Å². The van der Waals surface area contributed by atoms with Crippen LogP contribution in [0.5, 0.6) is 0 Å². The molecule has 0 fully saturated rings. The first-order chi connectivity index (χ1) is 7.18. The van der Waals surface area contributed by atoms with E-state index in [4.69, 9.17) is 34.8 Å². The van der Waals surface area contributed by atoms with Crippen molar-refractivity contribution in [2.45, 2.75) is 29.6 Å². The van der Waals surface area contributed by atoms with E-state index in [1.807, 2.05) is 0 Å². The van der Waals surface area contributed by atoms with Gasteiger partial charge in [-0.15, -0.1) is 13.2 Å². The van der Waals surface area contributed by atoms with Gasteiger partial charge < -0.3 is 0 Å². The molecule has 1 atom stereocenters. The fourth-order valence-corrected chi connectivity index (χ4v) is 1.99. The molecule has 3 nitrogen and oxygen atoms in total. The van der Waals surface area contributed by atoms with Crippen LogP contribution in [0.2, 0.25) is 0 Å². The Kier molecular flexibility index (Phi) is 4.08. The Bertz CT molecular complexity index is 276. The van der Waals surface area contributed by atoms with E-state index in [9.17, 15) is 13.2 Å². The van der Waals surface area contributed by atoms with Crippen LogP contribution in [0.4, 0.5) is 13.2 Å². The molecule has 0 saturated carbocycles. The molecule has 0 aromatic rings. The smallest absolute Gasteiger partial charge is 0.268 e. The van der Waals surface area contributed by atoms with Gasteiger partial charge in [0.25, 0.3) is 0 Å². The number of hydrogen-bond donors (Lipinski definition) is 0. The molecule has 0 spiro atoms. The molecule has 0 radical (unpaired) electrons. The normalized spacial score (nSPS) is 22.1. The first-order valence-corrected chi connectivity index (χ1v) is 5.54. The van der Waals surface area contributed by atoms with Crippen molar-refractivity contribution in [1.29, 1.82) is 0 Å². The minimum atomic E-state index is -4.62. The lowest BCUT2D eigenvalue weighted by Crippen LogP contribution is -2.54. The van der Waals surface area contributed by atoms with E-state index in [-0.39, 0.29) is 11.4 Å². The summed E-state index contributed by atoms with van der Waals surface area (Å²) in [7, 11) is 0. The highest BCUT2D eigenvalue weighted by Gasteiger charge is 2.53. The minimum Gasteiger partial charge on any atom is -0.268 e. The van der Waals surface area contributed by atoms with Gasteiger partial charge in [0.2, 0.25) is 3.79 Å². The van der Waals surface area contributed by atoms with Crippen LogP contribution >= 0.6 is 34.8 Å². The summed E-state index contributed by atoms with van der Waals surface area (Å²) in [5.74, 6) is 0. The number of hydrogen-bond acceptors (Lipinski definition) is 3. The number of hydrazone groups is 1. The zero-order valence-corrected chi connectivity index (χ0v) is 10.4. The molecule has 1 heterocycles. The summed E-state index contributed by atoms with van der Waals surface area (Å²) in [6.07, 6.45) is -4.86. The Morgan fingerprint density at radius 2 is 1.88 bits per heavy atom. The molecular weight excluding hydrogens is 289 g/mol. The van der Waals surface area contributed by atoms with E-state index in [0.29, 0.717) is 12.8 Å². The molecular formula is C7H9Cl3F3N3. The molecule has 0 amide bonds. The summed E-state index contributed by atoms with van der Waals surface area (Å²) in [5, 5.41) is 4.69. The van der Waals surface area contributed by atoms with Crippen molar-refractivity contribution in [3.8, 4) is 0 Å². The molecule has 9 heteroatoms. The number of alkyl halides is 6. The van der Waals surface area contributed by atoms with Crippen molar-refractivity contribution in [3.63, 3.8) is 0 Å². The maximum atomic E-state index is 12.6. The predicted octanol–water partition coefficient (Wildman–Crippen LogP) is 3.17. The van der Waals surface area contributed by atoms with Crippen molar-refractivity contribution < 1.29 is 13.2 Å². The Hall–Kier alpha value is -0.0700. The monoisotopic (exact) mass is 297 g/mol. The first kappa shape index (κ1) is 14.0. The second-order valence-electron chi connectivity index (χ2n) is 3.18. The van der Waals surface area contributed by atoms with Gasteiger partial charge in [-0.05, 0) is 6.42 Å². The summed E-state index contributed by atoms with van der Waals surface area (Å²) in [6.45, 7) is 2.07. The molecule has 1 rings (SSSR count). The topological polar surface area (TPSA) is 18.8 Å². The summed E-state index contributed by atoms with van der Waals surface area (Å²) in [6, 6.07) is 0. The highest BCUT2D eigenvalue weighted by atomic mass is 35.6. The Morgan fingerprint density at radius 3 is 2.25 bits per heavy atom. The standard InChI is InChI=1S/C7H9Cl3F3N3/c1-2-3-16-5(6(8,9)10)15(4-14-16)7(11,12)13/h4-5H,2-3H2,1H3. The third kappa shape index (κ3) is 2.99. The summed E-state index contributed by atoms with van der Waals surface area (Å²) in [5.41, 5.74) is 0. The lowest BCUT2D eigenvalue weighted by Gasteiger charge is -2.35. The van der Waals surface area contributed by atoms with Crippen LogP contribution in [0.25, 0.3) is 0 Å². The molecule has 16 heavy (non-hydrogen) atoms. The zero-order valence-electron chi connectivity index (χ0n) is 8.18. The van der Waals surface area contributed by atoms with E-state index in [1.165, 1.54) is 0 Å². The predicted molar refractivity (Wildman–Crippen MR) is 57.5 cm³/mol. The molecule has 1 aliphatic rings. The van der Waals surface area contributed by atoms with E-state index in [2.05, 4.69) is 5.10 Å². The van der Waals surface area contributed by atoms with Crippen LogP contribution in [0.1, 0.15) is 13.3 Å². The largest absolute Gasteiger partial charge is 0.487 e. The lowest BCUT2D eigenvalue weighted by atomic mass is 10.4. The fraction of sp³-hybridized carbons (Fsp3) is 0.857. The second kappa shape index (κ2) is 4.66. The van der Waals surface area contributed by atoms with Crippen LogP contribution in [0, 0.1) is 0 Å². The van der Waals surface area contributed by atoms with E-state index >= 15 is 0 Å². The summed E-state index contributed by atoms with van der Waals surface area (Å²) in [4.78, 5) is -0.0182. The second-order valence-corrected chi connectivity index (χ2v) is 5.55. The molecule has 1 unspecified atom stereocenters. The third-order valence-corrected chi connectivity index (χ3v) is 2.49. The summed E-state index contributed by atoms with van der Waals surface area (Å²) < 4.78 is 35.7. The molecule has 0 saturated heterocycles. The molecule has 0 aromatic heterocycles. The molecule has 0 aliphatic carbocycles. The molecule has 1 aliphatic heterocycles. The van der Waals surface area contributed by atoms with Crippen molar-refractivity contribution in [2.24, 2.45) is 5.10 Å². The molecule has 0 N–H and O–H groups in total. The number of nitrogens with zero attached hydrogens (tertiary/aromatic N) is 3. The van der Waals surface area contributed by atoms with Crippen molar-refractivity contribution in [2.75, 3.05) is 6.54 Å². The van der Waals surface area contributed by atoms with Crippen molar-refractivity contribution >= 4 is 41.1 Å². The van der Waals surface area contributed by atoms with Crippen LogP contribution < -0.4 is 0 Å². The average Bonchev–Trinajstić information content (AvgIpc) is 2.46. The third-order valence-electron chi connectivity index (χ3n) is 1.91. The van der Waals surface area contributed by atoms with Gasteiger partial charge in [0.15, 0.2) is 6.17 Å². The average molecular weight is 299 g/mol. The van der Waals surface area contributed by atoms with Gasteiger partial charge in [-0.1, -0.05) is 41.7 Å². The molecule has 0 aromatic carbocycles. The van der Waals surface area contributed by atoms with Crippen molar-refractivity contribution in [3.05, 3.63) is 0 Å². The van der Waals surface area contributed by atoms with Gasteiger partial charge in [-0.3, -0.25) is 5.01 Å². The van der Waals surface area contributed by atoms with Gasteiger partial charge >= 0.3 is 6.30 Å². The maximum Gasteiger partial charge on any atom is 0.487 e. The van der Waals surface area contributed by atoms with Gasteiger partial charge in [-0.25, -0.2) is 4.90 Å². The SMILES string of the molecule is CCCN1N=CN(C(F)(F)F)C1C(Cl)(Cl)Cl. The highest BCUT2D eigenvalue weighted by molar-refractivity contribution is 6.68. The Labute approximate surface area is 106 Å². The first-order valence-electron chi connectivity index (χ1n) is 4.40. The Morgan fingerprint density at radius 1 is 1.31 bits per heavy atom. The van der Waals surface area contributed by atoms with Gasteiger partial charge in [0.1, 0.15) is 6.34 Å². The Balaban J connectivity index is 2.93.